The average Bonchev–Trinajstić information content (AvgIpc) is 2.98. The van der Waals surface area contributed by atoms with E-state index in [4.69, 9.17) is 4.42 Å². The molecule has 2 N–H and O–H groups in total. The molecule has 3 nitrogen and oxygen atoms in total. The highest BCUT2D eigenvalue weighted by molar-refractivity contribution is 5.29. The van der Waals surface area contributed by atoms with Gasteiger partial charge >= 0.3 is 6.18 Å². The minimum Gasteiger partial charge on any atom is -0.467 e. The molecule has 2 atom stereocenters. The van der Waals surface area contributed by atoms with Crippen LogP contribution in [-0.2, 0) is 12.7 Å². The molecular weight excluding hydrogens is 295 g/mol. The van der Waals surface area contributed by atoms with E-state index in [0.29, 0.717) is 12.2 Å². The molecule has 2 rings (SSSR count). The molecule has 0 spiro atoms. The second kappa shape index (κ2) is 6.98. The van der Waals surface area contributed by atoms with Crippen LogP contribution in [0.4, 0.5) is 13.2 Å². The van der Waals surface area contributed by atoms with Crippen molar-refractivity contribution in [2.24, 2.45) is 0 Å². The van der Waals surface area contributed by atoms with Crippen LogP contribution in [0.3, 0.4) is 0 Å². The van der Waals surface area contributed by atoms with Crippen molar-refractivity contribution in [3.05, 3.63) is 59.5 Å². The summed E-state index contributed by atoms with van der Waals surface area (Å²) in [5.41, 5.74) is -0.448. The molecule has 0 aliphatic rings. The van der Waals surface area contributed by atoms with Crippen LogP contribution in [0.1, 0.15) is 36.3 Å². The van der Waals surface area contributed by atoms with E-state index in [2.05, 4.69) is 5.32 Å². The monoisotopic (exact) mass is 313 g/mol. The molecule has 1 heterocycles. The van der Waals surface area contributed by atoms with Crippen LogP contribution in [0.15, 0.2) is 47.1 Å². The summed E-state index contributed by atoms with van der Waals surface area (Å²) in [6.45, 7) is 1.89. The molecule has 0 saturated heterocycles. The van der Waals surface area contributed by atoms with Gasteiger partial charge in [0.15, 0.2) is 0 Å². The van der Waals surface area contributed by atoms with Gasteiger partial charge in [0.25, 0.3) is 0 Å². The number of hydrogen-bond donors (Lipinski definition) is 2. The zero-order valence-corrected chi connectivity index (χ0v) is 12.1. The largest absolute Gasteiger partial charge is 0.467 e. The van der Waals surface area contributed by atoms with Crippen molar-refractivity contribution in [2.75, 3.05) is 0 Å². The van der Waals surface area contributed by atoms with E-state index in [0.717, 1.165) is 6.07 Å². The fourth-order valence-electron chi connectivity index (χ4n) is 2.25. The lowest BCUT2D eigenvalue weighted by molar-refractivity contribution is -0.138. The summed E-state index contributed by atoms with van der Waals surface area (Å²) in [5.74, 6) is 0.448. The Hall–Kier alpha value is -1.79. The fraction of sp³-hybridized carbons (Fsp3) is 0.375. The van der Waals surface area contributed by atoms with Crippen LogP contribution in [0, 0.1) is 0 Å². The standard InChI is InChI=1S/C16H18F3NO2/c1-11(9-14(21)15-7-4-8-22-15)20-10-12-5-2-3-6-13(12)16(17,18)19/h2-8,11,14,20-21H,9-10H2,1H3. The number of aliphatic hydroxyl groups is 1. The average molecular weight is 313 g/mol. The minimum atomic E-state index is -4.37. The van der Waals surface area contributed by atoms with Gasteiger partial charge in [-0.25, -0.2) is 0 Å². The van der Waals surface area contributed by atoms with Crippen molar-refractivity contribution >= 4 is 0 Å². The molecule has 120 valence electrons. The number of alkyl halides is 3. The smallest absolute Gasteiger partial charge is 0.416 e. The number of rotatable bonds is 6. The van der Waals surface area contributed by atoms with E-state index in [1.54, 1.807) is 18.2 Å². The fourth-order valence-corrected chi connectivity index (χ4v) is 2.25. The quantitative estimate of drug-likeness (QED) is 0.850. The molecule has 0 radical (unpaired) electrons. The van der Waals surface area contributed by atoms with Crippen LogP contribution in [0.25, 0.3) is 0 Å². The third-order valence-electron chi connectivity index (χ3n) is 3.41. The van der Waals surface area contributed by atoms with E-state index in [9.17, 15) is 18.3 Å². The van der Waals surface area contributed by atoms with Gasteiger partial charge in [0, 0.05) is 12.6 Å². The second-order valence-corrected chi connectivity index (χ2v) is 5.20. The lowest BCUT2D eigenvalue weighted by Crippen LogP contribution is -2.28. The number of halogens is 3. The van der Waals surface area contributed by atoms with Crippen molar-refractivity contribution in [1.29, 1.82) is 0 Å². The molecule has 6 heteroatoms. The van der Waals surface area contributed by atoms with Gasteiger partial charge in [-0.3, -0.25) is 0 Å². The lowest BCUT2D eigenvalue weighted by Gasteiger charge is -2.18. The summed E-state index contributed by atoms with van der Waals surface area (Å²) in [4.78, 5) is 0. The van der Waals surface area contributed by atoms with Gasteiger partial charge in [-0.15, -0.1) is 0 Å². The van der Waals surface area contributed by atoms with Crippen LogP contribution in [0.5, 0.6) is 0 Å². The first kappa shape index (κ1) is 16.6. The first-order valence-corrected chi connectivity index (χ1v) is 6.98. The van der Waals surface area contributed by atoms with Gasteiger partial charge in [-0.1, -0.05) is 18.2 Å². The van der Waals surface area contributed by atoms with Crippen molar-refractivity contribution < 1.29 is 22.7 Å². The maximum absolute atomic E-state index is 12.9. The SMILES string of the molecule is CC(CC(O)c1ccco1)NCc1ccccc1C(F)(F)F. The highest BCUT2D eigenvalue weighted by Gasteiger charge is 2.32. The summed E-state index contributed by atoms with van der Waals surface area (Å²) in [6, 6.07) is 8.64. The number of hydrogen-bond acceptors (Lipinski definition) is 3. The number of aliphatic hydroxyl groups excluding tert-OH is 1. The Morgan fingerprint density at radius 1 is 1.18 bits per heavy atom. The van der Waals surface area contributed by atoms with Gasteiger partial charge in [0.05, 0.1) is 11.8 Å². The van der Waals surface area contributed by atoms with Crippen molar-refractivity contribution in [3.63, 3.8) is 0 Å². The predicted octanol–water partition coefficient (Wildman–Crippen LogP) is 3.90. The van der Waals surface area contributed by atoms with E-state index >= 15 is 0 Å². The summed E-state index contributed by atoms with van der Waals surface area (Å²) < 4.78 is 43.8. The molecule has 22 heavy (non-hydrogen) atoms. The minimum absolute atomic E-state index is 0.0850. The summed E-state index contributed by atoms with van der Waals surface area (Å²) in [6.07, 6.45) is -3.33. The van der Waals surface area contributed by atoms with E-state index in [1.807, 2.05) is 6.92 Å². The molecule has 2 unspecified atom stereocenters. The van der Waals surface area contributed by atoms with Crippen LogP contribution in [-0.4, -0.2) is 11.1 Å². The number of benzene rings is 1. The molecular formula is C16H18F3NO2. The summed E-state index contributed by atoms with van der Waals surface area (Å²) >= 11 is 0. The van der Waals surface area contributed by atoms with Gasteiger partial charge in [-0.2, -0.15) is 13.2 Å². The summed E-state index contributed by atoms with van der Waals surface area (Å²) in [5, 5.41) is 12.9. The Balaban J connectivity index is 1.93. The van der Waals surface area contributed by atoms with Gasteiger partial charge < -0.3 is 14.8 Å². The topological polar surface area (TPSA) is 45.4 Å². The van der Waals surface area contributed by atoms with Gasteiger partial charge in [0.1, 0.15) is 11.9 Å². The first-order chi connectivity index (χ1) is 10.4. The first-order valence-electron chi connectivity index (χ1n) is 6.98. The van der Waals surface area contributed by atoms with Crippen molar-refractivity contribution in [3.8, 4) is 0 Å². The molecule has 0 bridgehead atoms. The zero-order valence-electron chi connectivity index (χ0n) is 12.1. The van der Waals surface area contributed by atoms with E-state index in [1.165, 1.54) is 18.4 Å². The maximum Gasteiger partial charge on any atom is 0.416 e. The molecule has 0 aliphatic carbocycles. The molecule has 1 aromatic heterocycles. The number of nitrogens with one attached hydrogen (secondary N) is 1. The second-order valence-electron chi connectivity index (χ2n) is 5.20. The predicted molar refractivity (Wildman–Crippen MR) is 76.0 cm³/mol. The van der Waals surface area contributed by atoms with Crippen molar-refractivity contribution in [2.45, 2.75) is 38.2 Å². The van der Waals surface area contributed by atoms with E-state index in [-0.39, 0.29) is 18.2 Å². The molecule has 0 aliphatic heterocycles. The molecule has 0 fully saturated rings. The number of furan rings is 1. The van der Waals surface area contributed by atoms with E-state index < -0.39 is 17.8 Å². The normalized spacial score (nSPS) is 14.8. The summed E-state index contributed by atoms with van der Waals surface area (Å²) in [7, 11) is 0. The Labute approximate surface area is 126 Å². The molecule has 0 amide bonds. The Kier molecular flexibility index (Phi) is 5.26. The maximum atomic E-state index is 12.9. The molecule has 0 saturated carbocycles. The highest BCUT2D eigenvalue weighted by Crippen LogP contribution is 2.31. The van der Waals surface area contributed by atoms with Gasteiger partial charge in [-0.05, 0) is 37.1 Å². The Bertz CT molecular complexity index is 581. The molecule has 2 aromatic rings. The van der Waals surface area contributed by atoms with Crippen LogP contribution < -0.4 is 5.32 Å². The zero-order chi connectivity index (χ0) is 16.2. The highest BCUT2D eigenvalue weighted by atomic mass is 19.4. The third kappa shape index (κ3) is 4.35. The Morgan fingerprint density at radius 2 is 1.91 bits per heavy atom. The Morgan fingerprint density at radius 3 is 2.55 bits per heavy atom. The van der Waals surface area contributed by atoms with Crippen molar-refractivity contribution in [1.82, 2.24) is 5.32 Å². The molecule has 1 aromatic carbocycles. The van der Waals surface area contributed by atoms with Crippen LogP contribution >= 0.6 is 0 Å². The third-order valence-corrected chi connectivity index (χ3v) is 3.41. The lowest BCUT2D eigenvalue weighted by atomic mass is 10.1. The van der Waals surface area contributed by atoms with Crippen LogP contribution in [0.2, 0.25) is 0 Å². The van der Waals surface area contributed by atoms with Gasteiger partial charge in [0.2, 0.25) is 0 Å².